The molecule has 4 aromatic rings. The Balaban J connectivity index is 0.000000356. The Morgan fingerprint density at radius 1 is 0.455 bits per heavy atom. The number of hydrogen-bond acceptors (Lipinski definition) is 5. The maximum absolute atomic E-state index is 13.3. The second-order valence-electron chi connectivity index (χ2n) is 18.4. The van der Waals surface area contributed by atoms with Crippen LogP contribution in [0.5, 0.6) is 23.0 Å². The third-order valence-corrected chi connectivity index (χ3v) is 10.1. The molecular weight excluding hydrogens is 701 g/mol. The molecule has 0 aliphatic rings. The van der Waals surface area contributed by atoms with E-state index in [1.165, 1.54) is 17.5 Å². The molecule has 0 saturated heterocycles. The molecule has 0 aliphatic heterocycles. The summed E-state index contributed by atoms with van der Waals surface area (Å²) in [6.45, 7) is 32.9. The van der Waals surface area contributed by atoms with Crippen molar-refractivity contribution in [2.24, 2.45) is 16.2 Å². The van der Waals surface area contributed by atoms with Gasteiger partial charge in [-0.2, -0.15) is 0 Å². The molecule has 0 amide bonds. The van der Waals surface area contributed by atoms with Crippen LogP contribution in [-0.2, 0) is 14.9 Å². The van der Waals surface area contributed by atoms with Crippen LogP contribution in [0.4, 0.5) is 0 Å². The van der Waals surface area contributed by atoms with Crippen molar-refractivity contribution >= 4 is 15.4 Å². The quantitative estimate of drug-likeness (QED) is 0.127. The zero-order chi connectivity index (χ0) is 41.5. The average Bonchev–Trinajstić information content (AvgIpc) is 3.12. The van der Waals surface area contributed by atoms with Gasteiger partial charge in [-0.1, -0.05) is 128 Å². The Morgan fingerprint density at radius 3 is 0.964 bits per heavy atom. The van der Waals surface area contributed by atoms with Gasteiger partial charge in [0.2, 0.25) is 0 Å². The van der Waals surface area contributed by atoms with E-state index in [1.54, 1.807) is 0 Å². The van der Waals surface area contributed by atoms with Crippen LogP contribution < -0.4 is 18.9 Å². The highest BCUT2D eigenvalue weighted by Gasteiger charge is 2.23. The summed E-state index contributed by atoms with van der Waals surface area (Å²) in [5, 5.41) is 0. The minimum absolute atomic E-state index is 0.0636. The zero-order valence-corrected chi connectivity index (χ0v) is 37.5. The van der Waals surface area contributed by atoms with Crippen molar-refractivity contribution in [1.29, 1.82) is 0 Å². The van der Waals surface area contributed by atoms with Gasteiger partial charge in [-0.25, -0.2) is 0 Å². The van der Waals surface area contributed by atoms with Crippen molar-refractivity contribution in [1.82, 2.24) is 0 Å². The number of rotatable bonds is 13. The first-order valence-corrected chi connectivity index (χ1v) is 21.5. The lowest BCUT2D eigenvalue weighted by Gasteiger charge is -2.27. The van der Waals surface area contributed by atoms with Crippen molar-refractivity contribution in [2.45, 2.75) is 125 Å². The lowest BCUT2D eigenvalue weighted by molar-refractivity contribution is 0.198. The Labute approximate surface area is 336 Å². The maximum Gasteiger partial charge on any atom is 0.119 e. The van der Waals surface area contributed by atoms with E-state index < -0.39 is 9.52 Å². The first-order chi connectivity index (χ1) is 25.5. The van der Waals surface area contributed by atoms with Gasteiger partial charge < -0.3 is 18.9 Å². The van der Waals surface area contributed by atoms with Crippen LogP contribution in [0, 0.1) is 16.2 Å². The molecule has 0 saturated carbocycles. The van der Waals surface area contributed by atoms with Gasteiger partial charge in [-0.3, -0.25) is 4.21 Å². The van der Waals surface area contributed by atoms with Gasteiger partial charge in [0.25, 0.3) is 0 Å². The Morgan fingerprint density at radius 2 is 0.709 bits per heavy atom. The molecule has 0 atom stereocenters. The van der Waals surface area contributed by atoms with Crippen molar-refractivity contribution in [2.75, 3.05) is 26.4 Å². The van der Waals surface area contributed by atoms with Crippen LogP contribution >= 0.6 is 0 Å². The molecule has 0 N–H and O–H groups in total. The topological polar surface area (TPSA) is 54.0 Å². The molecule has 304 valence electrons. The first kappa shape index (κ1) is 47.3. The van der Waals surface area contributed by atoms with Gasteiger partial charge >= 0.3 is 0 Å². The fraction of sp³-hybridized carbons (Fsp3) is 0.490. The smallest absolute Gasteiger partial charge is 0.119 e. The molecule has 4 aromatic carbocycles. The zero-order valence-electron chi connectivity index (χ0n) is 36.6. The van der Waals surface area contributed by atoms with Crippen molar-refractivity contribution in [3.05, 3.63) is 108 Å². The summed E-state index contributed by atoms with van der Waals surface area (Å²) in [4.78, 5) is 1.38. The highest BCUT2D eigenvalue weighted by molar-refractivity contribution is 8.00. The average molecular weight is 773 g/mol. The predicted octanol–water partition coefficient (Wildman–Crippen LogP) is 13.3. The van der Waals surface area contributed by atoms with E-state index in [-0.39, 0.29) is 21.7 Å². The van der Waals surface area contributed by atoms with Gasteiger partial charge in [-0.05, 0) is 112 Å². The normalized spacial score (nSPS) is 12.0. The second-order valence-corrected chi connectivity index (χ2v) is 20.7. The van der Waals surface area contributed by atoms with Crippen molar-refractivity contribution in [3.63, 3.8) is 0 Å². The number of hydrogen-bond donors (Lipinski definition) is 0. The SMILES string of the molecule is C=S(=O)(c1ccc(OCC(C)(C)C)cc1)c1ccc(OCC(C)(C)C)cc1.CCC.CCCOc1ccc(C(C)(C)c2ccc(OCC(C)(C)C)cc2)cc1. The minimum Gasteiger partial charge on any atom is -0.494 e. The standard InChI is InChI=1S/C23H32O3S.C23H32O2.C3H8/c1-22(2,3)16-25-18-8-12-20(13-9-18)27(7,24)21-14-10-19(11-15-21)26-17-23(4,5)6;1-7-16-24-20-12-8-18(9-13-20)23(5,6)19-10-14-21(15-11-19)25-17-22(2,3)4;1-3-2/h8-15H,7,16-17H2,1-6H3;8-15H,7,16-17H2,1-6H3;3H2,1-2H3. The minimum atomic E-state index is -2.57. The molecule has 0 aromatic heterocycles. The monoisotopic (exact) mass is 773 g/mol. The van der Waals surface area contributed by atoms with Crippen LogP contribution in [0.25, 0.3) is 0 Å². The van der Waals surface area contributed by atoms with Gasteiger partial charge in [0.1, 0.15) is 23.0 Å². The first-order valence-electron chi connectivity index (χ1n) is 19.8. The van der Waals surface area contributed by atoms with E-state index in [0.717, 1.165) is 42.6 Å². The highest BCUT2D eigenvalue weighted by Crippen LogP contribution is 2.34. The molecule has 0 bridgehead atoms. The molecule has 55 heavy (non-hydrogen) atoms. The molecule has 0 heterocycles. The van der Waals surface area contributed by atoms with E-state index >= 15 is 0 Å². The van der Waals surface area contributed by atoms with E-state index in [1.807, 2.05) is 48.5 Å². The molecule has 6 heteroatoms. The number of benzene rings is 4. The Bertz CT molecular complexity index is 1700. The second kappa shape index (κ2) is 20.9. The van der Waals surface area contributed by atoms with Crippen LogP contribution in [0.2, 0.25) is 0 Å². The summed E-state index contributed by atoms with van der Waals surface area (Å²) < 4.78 is 36.4. The van der Waals surface area contributed by atoms with Gasteiger partial charge in [0.05, 0.1) is 26.4 Å². The fourth-order valence-corrected chi connectivity index (χ4v) is 6.29. The van der Waals surface area contributed by atoms with Gasteiger partial charge in [0.15, 0.2) is 0 Å². The molecule has 5 nitrogen and oxygen atoms in total. The van der Waals surface area contributed by atoms with Gasteiger partial charge in [-0.15, -0.1) is 0 Å². The number of ether oxygens (including phenoxy) is 4. The lowest BCUT2D eigenvalue weighted by atomic mass is 9.78. The highest BCUT2D eigenvalue weighted by atomic mass is 32.2. The molecule has 0 spiro atoms. The fourth-order valence-electron chi connectivity index (χ4n) is 4.87. The van der Waals surface area contributed by atoms with Crippen molar-refractivity contribution < 1.29 is 23.2 Å². The lowest BCUT2D eigenvalue weighted by Crippen LogP contribution is -2.19. The maximum atomic E-state index is 13.3. The van der Waals surface area contributed by atoms with E-state index in [0.29, 0.717) is 23.0 Å². The molecule has 0 aliphatic carbocycles. The Kier molecular flexibility index (Phi) is 17.9. The predicted molar refractivity (Wildman–Crippen MR) is 236 cm³/mol. The van der Waals surface area contributed by atoms with Crippen LogP contribution in [-0.4, -0.2) is 36.5 Å². The third kappa shape index (κ3) is 17.2. The van der Waals surface area contributed by atoms with Gasteiger partial charge in [0, 0.05) is 24.7 Å². The molecule has 4 rings (SSSR count). The summed E-state index contributed by atoms with van der Waals surface area (Å²) in [6, 6.07) is 31.7. The summed E-state index contributed by atoms with van der Waals surface area (Å²) in [5.41, 5.74) is 2.84. The summed E-state index contributed by atoms with van der Waals surface area (Å²) in [7, 11) is -2.57. The Hall–Kier alpha value is -3.90. The summed E-state index contributed by atoms with van der Waals surface area (Å²) >= 11 is 0. The van der Waals surface area contributed by atoms with Crippen LogP contribution in [0.15, 0.2) is 107 Å². The molecule has 0 fully saturated rings. The van der Waals surface area contributed by atoms with Crippen LogP contribution in [0.3, 0.4) is 0 Å². The van der Waals surface area contributed by atoms with Crippen LogP contribution in [0.1, 0.15) is 121 Å². The third-order valence-electron chi connectivity index (χ3n) is 8.05. The van der Waals surface area contributed by atoms with E-state index in [4.69, 9.17) is 18.9 Å². The molecule has 0 unspecified atom stereocenters. The largest absolute Gasteiger partial charge is 0.494 e. The summed E-state index contributed by atoms with van der Waals surface area (Å²) in [6.07, 6.45) is 2.27. The van der Waals surface area contributed by atoms with E-state index in [2.05, 4.69) is 151 Å². The molecule has 0 radical (unpaired) electrons. The van der Waals surface area contributed by atoms with E-state index in [9.17, 15) is 4.21 Å². The molecular formula is C49H72O5S. The van der Waals surface area contributed by atoms with Crippen molar-refractivity contribution in [3.8, 4) is 23.0 Å². The summed E-state index contributed by atoms with van der Waals surface area (Å²) in [5.74, 6) is 7.40.